The first kappa shape index (κ1) is 8.77. The zero-order chi connectivity index (χ0) is 10.4. The Balaban J connectivity index is 2.02. The molecular formula is C12H14N2O. The normalized spacial score (nSPS) is 32.6. The van der Waals surface area contributed by atoms with Crippen molar-refractivity contribution in [1.29, 1.82) is 0 Å². The van der Waals surface area contributed by atoms with Crippen LogP contribution in [-0.4, -0.2) is 18.0 Å². The fourth-order valence-electron chi connectivity index (χ4n) is 2.68. The monoisotopic (exact) mass is 202 g/mol. The second-order valence-electron chi connectivity index (χ2n) is 4.46. The van der Waals surface area contributed by atoms with E-state index in [4.69, 9.17) is 0 Å². The Bertz CT molecular complexity index is 416. The van der Waals surface area contributed by atoms with Crippen LogP contribution in [0.4, 0.5) is 5.69 Å². The van der Waals surface area contributed by atoms with Crippen molar-refractivity contribution >= 4 is 11.6 Å². The second kappa shape index (κ2) is 2.99. The Morgan fingerprint density at radius 3 is 2.93 bits per heavy atom. The molecule has 2 aliphatic heterocycles. The van der Waals surface area contributed by atoms with Gasteiger partial charge >= 0.3 is 0 Å². The number of fused-ring (bicyclic) bond motifs is 3. The van der Waals surface area contributed by atoms with Gasteiger partial charge in [-0.05, 0) is 25.0 Å². The number of nitrogens with one attached hydrogen (secondary N) is 2. The van der Waals surface area contributed by atoms with E-state index in [0.717, 1.165) is 12.1 Å². The molecule has 1 saturated heterocycles. The molecule has 15 heavy (non-hydrogen) atoms. The van der Waals surface area contributed by atoms with E-state index in [1.54, 1.807) is 0 Å². The molecule has 0 aromatic heterocycles. The highest BCUT2D eigenvalue weighted by molar-refractivity contribution is 5.89. The molecule has 2 aliphatic rings. The van der Waals surface area contributed by atoms with Crippen LogP contribution in [0.1, 0.15) is 24.8 Å². The maximum absolute atomic E-state index is 11.8. The summed E-state index contributed by atoms with van der Waals surface area (Å²) in [5.74, 6) is 0.486. The summed E-state index contributed by atoms with van der Waals surface area (Å²) in [5.41, 5.74) is 2.42. The number of benzene rings is 1. The number of carbonyl (C=O) groups is 1. The lowest BCUT2D eigenvalue weighted by atomic mass is 9.85. The molecule has 2 heterocycles. The molecule has 0 saturated carbocycles. The van der Waals surface area contributed by atoms with Crippen molar-refractivity contribution in [3.63, 3.8) is 0 Å². The summed E-state index contributed by atoms with van der Waals surface area (Å²) in [7, 11) is 0. The number of amides is 1. The minimum atomic E-state index is -0.0569. The van der Waals surface area contributed by atoms with Gasteiger partial charge in [-0.2, -0.15) is 0 Å². The maximum atomic E-state index is 11.8. The molecule has 78 valence electrons. The Labute approximate surface area is 88.9 Å². The van der Waals surface area contributed by atoms with Crippen LogP contribution in [0, 0.1) is 0 Å². The minimum absolute atomic E-state index is 0.0569. The van der Waals surface area contributed by atoms with Crippen LogP contribution in [0.25, 0.3) is 0 Å². The molecule has 3 nitrogen and oxygen atoms in total. The molecule has 1 fully saturated rings. The van der Waals surface area contributed by atoms with Crippen molar-refractivity contribution in [3.05, 3.63) is 29.8 Å². The van der Waals surface area contributed by atoms with Gasteiger partial charge in [0, 0.05) is 17.6 Å². The summed E-state index contributed by atoms with van der Waals surface area (Å²) in [6.07, 6.45) is 1.03. The lowest BCUT2D eigenvalue weighted by molar-refractivity contribution is -0.124. The van der Waals surface area contributed by atoms with Gasteiger partial charge in [0.25, 0.3) is 0 Å². The molecule has 1 amide bonds. The van der Waals surface area contributed by atoms with Gasteiger partial charge in [-0.25, -0.2) is 0 Å². The molecule has 3 rings (SSSR count). The van der Waals surface area contributed by atoms with Crippen LogP contribution in [0.2, 0.25) is 0 Å². The molecule has 2 N–H and O–H groups in total. The van der Waals surface area contributed by atoms with Crippen molar-refractivity contribution in [2.75, 3.05) is 5.32 Å². The first-order chi connectivity index (χ1) is 7.25. The fourth-order valence-corrected chi connectivity index (χ4v) is 2.68. The lowest BCUT2D eigenvalue weighted by Crippen LogP contribution is -2.50. The van der Waals surface area contributed by atoms with Crippen LogP contribution < -0.4 is 10.6 Å². The van der Waals surface area contributed by atoms with Gasteiger partial charge in [-0.1, -0.05) is 18.2 Å². The molecule has 0 aliphatic carbocycles. The zero-order valence-electron chi connectivity index (χ0n) is 8.66. The number of carbonyl (C=O) groups excluding carboxylic acids is 1. The van der Waals surface area contributed by atoms with E-state index in [2.05, 4.69) is 23.6 Å². The highest BCUT2D eigenvalue weighted by atomic mass is 16.2. The SMILES string of the molecule is C[C@@H]1C[C@@H]2c3ccccc3N[C@@H]2C(=O)N1. The van der Waals surface area contributed by atoms with Gasteiger partial charge in [-0.15, -0.1) is 0 Å². The molecule has 1 aromatic carbocycles. The summed E-state index contributed by atoms with van der Waals surface area (Å²) in [5, 5.41) is 6.28. The van der Waals surface area contributed by atoms with Crippen LogP contribution >= 0.6 is 0 Å². The number of anilines is 1. The number of hydrogen-bond acceptors (Lipinski definition) is 2. The van der Waals surface area contributed by atoms with Gasteiger partial charge in [0.05, 0.1) is 0 Å². The molecule has 3 heteroatoms. The second-order valence-corrected chi connectivity index (χ2v) is 4.46. The van der Waals surface area contributed by atoms with E-state index in [9.17, 15) is 4.79 Å². The van der Waals surface area contributed by atoms with Crippen LogP contribution in [0.3, 0.4) is 0 Å². The van der Waals surface area contributed by atoms with Gasteiger partial charge < -0.3 is 10.6 Å². The molecule has 0 spiro atoms. The standard InChI is InChI=1S/C12H14N2O/c1-7-6-9-8-4-2-3-5-10(8)14-11(9)12(15)13-7/h2-5,7,9,11,14H,6H2,1H3,(H,13,15)/t7-,9-,11+/m1/s1. The smallest absolute Gasteiger partial charge is 0.243 e. The average Bonchev–Trinajstić information content (AvgIpc) is 2.57. The highest BCUT2D eigenvalue weighted by Crippen LogP contribution is 2.40. The lowest BCUT2D eigenvalue weighted by Gasteiger charge is -2.30. The first-order valence-corrected chi connectivity index (χ1v) is 5.41. The number of rotatable bonds is 0. The van der Waals surface area contributed by atoms with Gasteiger partial charge in [0.2, 0.25) is 5.91 Å². The average molecular weight is 202 g/mol. The van der Waals surface area contributed by atoms with E-state index in [0.29, 0.717) is 5.92 Å². The number of hydrogen-bond donors (Lipinski definition) is 2. The molecular weight excluding hydrogens is 188 g/mol. The highest BCUT2D eigenvalue weighted by Gasteiger charge is 2.41. The van der Waals surface area contributed by atoms with Crippen molar-refractivity contribution < 1.29 is 4.79 Å². The van der Waals surface area contributed by atoms with Gasteiger partial charge in [0.1, 0.15) is 6.04 Å². The van der Waals surface area contributed by atoms with E-state index >= 15 is 0 Å². The van der Waals surface area contributed by atoms with Gasteiger partial charge in [0.15, 0.2) is 0 Å². The molecule has 3 atom stereocenters. The third-order valence-electron chi connectivity index (χ3n) is 3.35. The number of piperidine rings is 1. The van der Waals surface area contributed by atoms with Crippen molar-refractivity contribution in [2.24, 2.45) is 0 Å². The molecule has 0 bridgehead atoms. The summed E-state index contributed by atoms with van der Waals surface area (Å²) in [6.45, 7) is 2.06. The summed E-state index contributed by atoms with van der Waals surface area (Å²) >= 11 is 0. The van der Waals surface area contributed by atoms with E-state index in [1.165, 1.54) is 5.56 Å². The van der Waals surface area contributed by atoms with Crippen LogP contribution in [0.15, 0.2) is 24.3 Å². The van der Waals surface area contributed by atoms with E-state index in [1.807, 2.05) is 18.2 Å². The third kappa shape index (κ3) is 1.23. The van der Waals surface area contributed by atoms with Gasteiger partial charge in [-0.3, -0.25) is 4.79 Å². The largest absolute Gasteiger partial charge is 0.373 e. The predicted octanol–water partition coefficient (Wildman–Crippen LogP) is 1.47. The zero-order valence-corrected chi connectivity index (χ0v) is 8.66. The summed E-state index contributed by atoms with van der Waals surface area (Å²) < 4.78 is 0. The third-order valence-corrected chi connectivity index (χ3v) is 3.35. The molecule has 0 unspecified atom stereocenters. The topological polar surface area (TPSA) is 41.1 Å². The Morgan fingerprint density at radius 2 is 2.07 bits per heavy atom. The van der Waals surface area contributed by atoms with Crippen molar-refractivity contribution in [1.82, 2.24) is 5.32 Å². The summed E-state index contributed by atoms with van der Waals surface area (Å²) in [4.78, 5) is 11.8. The summed E-state index contributed by atoms with van der Waals surface area (Å²) in [6, 6.07) is 8.44. The molecule has 1 aromatic rings. The number of para-hydroxylation sites is 1. The van der Waals surface area contributed by atoms with E-state index in [-0.39, 0.29) is 18.0 Å². The quantitative estimate of drug-likeness (QED) is 0.669. The minimum Gasteiger partial charge on any atom is -0.373 e. The van der Waals surface area contributed by atoms with Crippen LogP contribution in [0.5, 0.6) is 0 Å². The van der Waals surface area contributed by atoms with E-state index < -0.39 is 0 Å². The Hall–Kier alpha value is -1.51. The van der Waals surface area contributed by atoms with Crippen molar-refractivity contribution in [2.45, 2.75) is 31.3 Å². The Morgan fingerprint density at radius 1 is 1.27 bits per heavy atom. The fraction of sp³-hybridized carbons (Fsp3) is 0.417. The Kier molecular flexibility index (Phi) is 1.75. The first-order valence-electron chi connectivity index (χ1n) is 5.41. The predicted molar refractivity (Wildman–Crippen MR) is 58.8 cm³/mol. The van der Waals surface area contributed by atoms with Crippen molar-refractivity contribution in [3.8, 4) is 0 Å². The van der Waals surface area contributed by atoms with Crippen LogP contribution in [-0.2, 0) is 4.79 Å². The maximum Gasteiger partial charge on any atom is 0.243 e. The molecule has 0 radical (unpaired) electrons.